The van der Waals surface area contributed by atoms with Crippen molar-refractivity contribution in [3.63, 3.8) is 0 Å². The van der Waals surface area contributed by atoms with Gasteiger partial charge in [0.15, 0.2) is 28.4 Å². The van der Waals surface area contributed by atoms with Gasteiger partial charge in [0.2, 0.25) is 5.91 Å². The number of aryl methyl sites for hydroxylation is 1. The third-order valence-corrected chi connectivity index (χ3v) is 4.07. The summed E-state index contributed by atoms with van der Waals surface area (Å²) >= 11 is 5.75. The van der Waals surface area contributed by atoms with Gasteiger partial charge in [-0.3, -0.25) is 19.9 Å². The van der Waals surface area contributed by atoms with E-state index in [2.05, 4.69) is 25.6 Å². The molecule has 0 aliphatic carbocycles. The third kappa shape index (κ3) is 6.92. The quantitative estimate of drug-likeness (QED) is 0.256. The maximum Gasteiger partial charge on any atom is 0.280 e. The fourth-order valence-corrected chi connectivity index (χ4v) is 2.55. The molecule has 0 saturated carbocycles. The number of halogens is 1. The number of aliphatic imine (C=N–C) groups is 1. The van der Waals surface area contributed by atoms with Gasteiger partial charge in [0.05, 0.1) is 0 Å². The van der Waals surface area contributed by atoms with Crippen molar-refractivity contribution in [2.24, 2.45) is 10.7 Å². The Hall–Kier alpha value is -3.40. The fraction of sp³-hybridized carbons (Fsp3) is 0.278. The minimum Gasteiger partial charge on any atom is -0.382 e. The summed E-state index contributed by atoms with van der Waals surface area (Å²) in [6, 6.07) is 7.65. The number of anilines is 3. The lowest BCUT2D eigenvalue weighted by atomic mass is 10.1. The van der Waals surface area contributed by atoms with Gasteiger partial charge in [-0.15, -0.1) is 0 Å². The molecule has 11 heteroatoms. The van der Waals surface area contributed by atoms with E-state index >= 15 is 0 Å². The van der Waals surface area contributed by atoms with Crippen molar-refractivity contribution in [1.29, 1.82) is 0 Å². The van der Waals surface area contributed by atoms with Gasteiger partial charge >= 0.3 is 0 Å². The molecule has 0 atom stereocenters. The number of rotatable bonds is 7. The van der Waals surface area contributed by atoms with Crippen LogP contribution >= 0.6 is 11.6 Å². The number of nitrogens with zero attached hydrogens (tertiary/aromatic N) is 3. The topological polar surface area (TPSA) is 174 Å². The van der Waals surface area contributed by atoms with Crippen molar-refractivity contribution in [2.45, 2.75) is 26.2 Å². The summed E-state index contributed by atoms with van der Waals surface area (Å²) in [6.07, 6.45) is 2.52. The van der Waals surface area contributed by atoms with Crippen LogP contribution in [0, 0.1) is 0 Å². The second kappa shape index (κ2) is 10.2. The van der Waals surface area contributed by atoms with Gasteiger partial charge in [0.1, 0.15) is 0 Å². The molecular formula is C18H23ClN8O2. The highest BCUT2D eigenvalue weighted by Crippen LogP contribution is 2.17. The van der Waals surface area contributed by atoms with E-state index in [-0.39, 0.29) is 34.3 Å². The number of carbonyl (C=O) groups excluding carboxylic acids is 2. The molecule has 0 aliphatic rings. The van der Waals surface area contributed by atoms with Gasteiger partial charge in [-0.25, -0.2) is 9.97 Å². The highest BCUT2D eigenvalue weighted by atomic mass is 35.5. The first kappa shape index (κ1) is 21.9. The molecule has 2 aromatic rings. The maximum absolute atomic E-state index is 12.1. The van der Waals surface area contributed by atoms with Crippen LogP contribution in [-0.4, -0.2) is 34.3 Å². The Bertz CT molecular complexity index is 915. The van der Waals surface area contributed by atoms with Gasteiger partial charge in [-0.1, -0.05) is 23.7 Å². The maximum atomic E-state index is 12.1. The number of nitrogens with two attached hydrogens (primary N) is 3. The van der Waals surface area contributed by atoms with E-state index in [1.165, 1.54) is 6.92 Å². The number of benzene rings is 1. The molecule has 0 radical (unpaired) electrons. The minimum atomic E-state index is -0.669. The molecule has 0 aliphatic heterocycles. The van der Waals surface area contributed by atoms with Crippen LogP contribution in [-0.2, 0) is 11.2 Å². The van der Waals surface area contributed by atoms with Crippen molar-refractivity contribution >= 4 is 46.7 Å². The second-order valence-corrected chi connectivity index (χ2v) is 6.55. The lowest BCUT2D eigenvalue weighted by molar-refractivity contribution is -0.114. The van der Waals surface area contributed by atoms with E-state index in [9.17, 15) is 9.59 Å². The Kier molecular flexibility index (Phi) is 7.72. The van der Waals surface area contributed by atoms with Crippen molar-refractivity contribution in [2.75, 3.05) is 23.3 Å². The molecule has 2 rings (SSSR count). The summed E-state index contributed by atoms with van der Waals surface area (Å²) in [5, 5.41) is 4.99. The fourth-order valence-electron chi connectivity index (χ4n) is 2.42. The summed E-state index contributed by atoms with van der Waals surface area (Å²) in [5.41, 5.74) is 18.5. The number of unbranched alkanes of at least 4 members (excludes halogenated alkanes) is 1. The number of nitrogen functional groups attached to an aromatic ring is 2. The second-order valence-electron chi connectivity index (χ2n) is 6.19. The molecule has 1 aromatic carbocycles. The van der Waals surface area contributed by atoms with Gasteiger partial charge in [-0.05, 0) is 37.0 Å². The molecular weight excluding hydrogens is 396 g/mol. The van der Waals surface area contributed by atoms with Crippen LogP contribution in [0.4, 0.5) is 17.3 Å². The molecule has 0 spiro atoms. The van der Waals surface area contributed by atoms with Gasteiger partial charge in [0, 0.05) is 19.2 Å². The third-order valence-electron chi connectivity index (χ3n) is 3.79. The van der Waals surface area contributed by atoms with Crippen LogP contribution in [0.2, 0.25) is 5.15 Å². The highest BCUT2D eigenvalue weighted by molar-refractivity contribution is 6.31. The van der Waals surface area contributed by atoms with E-state index in [1.807, 2.05) is 24.3 Å². The molecule has 0 saturated heterocycles. The van der Waals surface area contributed by atoms with Gasteiger partial charge in [-0.2, -0.15) is 0 Å². The first-order chi connectivity index (χ1) is 13.8. The standard InChI is InChI=1S/C18H23ClN8O2/c1-10(28)24-12-7-5-11(6-8-12)4-2-3-9-23-18(22)27-17(29)13-15(20)26-16(21)14(19)25-13/h5-8H,2-4,9H2,1H3,(H,24,28)(H4,20,21,26)(H3,22,23,27,29). The molecule has 10 nitrogen and oxygen atoms in total. The minimum absolute atomic E-state index is 0.0520. The molecule has 8 N–H and O–H groups in total. The number of nitrogens with one attached hydrogen (secondary N) is 2. The molecule has 1 heterocycles. The van der Waals surface area contributed by atoms with E-state index in [4.69, 9.17) is 28.8 Å². The first-order valence-electron chi connectivity index (χ1n) is 8.82. The first-order valence-corrected chi connectivity index (χ1v) is 9.20. The molecule has 154 valence electrons. The predicted octanol–water partition coefficient (Wildman–Crippen LogP) is 1.32. The van der Waals surface area contributed by atoms with Crippen LogP contribution < -0.4 is 27.8 Å². The Labute approximate surface area is 172 Å². The summed E-state index contributed by atoms with van der Waals surface area (Å²) < 4.78 is 0. The van der Waals surface area contributed by atoms with E-state index in [0.29, 0.717) is 6.54 Å². The van der Waals surface area contributed by atoms with Crippen LogP contribution in [0.3, 0.4) is 0 Å². The zero-order valence-corrected chi connectivity index (χ0v) is 16.7. The smallest absolute Gasteiger partial charge is 0.280 e. The normalized spacial score (nSPS) is 11.2. The van der Waals surface area contributed by atoms with E-state index in [1.54, 1.807) is 0 Å². The number of guanidine groups is 1. The highest BCUT2D eigenvalue weighted by Gasteiger charge is 2.16. The molecule has 0 unspecified atom stereocenters. The van der Waals surface area contributed by atoms with E-state index < -0.39 is 5.91 Å². The van der Waals surface area contributed by atoms with Crippen LogP contribution in [0.25, 0.3) is 0 Å². The number of hydrogen-bond donors (Lipinski definition) is 5. The molecule has 1 aromatic heterocycles. The summed E-state index contributed by atoms with van der Waals surface area (Å²) in [7, 11) is 0. The van der Waals surface area contributed by atoms with Crippen LogP contribution in [0.1, 0.15) is 35.8 Å². The Morgan fingerprint density at radius 3 is 2.45 bits per heavy atom. The van der Waals surface area contributed by atoms with Crippen molar-refractivity contribution < 1.29 is 9.59 Å². The van der Waals surface area contributed by atoms with Gasteiger partial charge in [0.25, 0.3) is 5.91 Å². The Balaban J connectivity index is 1.77. The predicted molar refractivity (Wildman–Crippen MR) is 114 cm³/mol. The summed E-state index contributed by atoms with van der Waals surface area (Å²) in [4.78, 5) is 34.8. The molecule has 2 amide bonds. The number of aromatic nitrogens is 2. The average Bonchev–Trinajstić information content (AvgIpc) is 2.65. The van der Waals surface area contributed by atoms with Crippen molar-refractivity contribution in [3.8, 4) is 0 Å². The van der Waals surface area contributed by atoms with Gasteiger partial charge < -0.3 is 22.5 Å². The van der Waals surface area contributed by atoms with Crippen molar-refractivity contribution in [1.82, 2.24) is 15.3 Å². The monoisotopic (exact) mass is 418 g/mol. The lowest BCUT2D eigenvalue weighted by Gasteiger charge is -2.07. The zero-order valence-electron chi connectivity index (χ0n) is 15.9. The Morgan fingerprint density at radius 1 is 1.10 bits per heavy atom. The molecule has 0 bridgehead atoms. The number of amides is 2. The molecule has 0 fully saturated rings. The largest absolute Gasteiger partial charge is 0.382 e. The lowest BCUT2D eigenvalue weighted by Crippen LogP contribution is -2.38. The zero-order chi connectivity index (χ0) is 21.4. The van der Waals surface area contributed by atoms with E-state index in [0.717, 1.165) is 30.5 Å². The number of hydrogen-bond acceptors (Lipinski definition) is 7. The van der Waals surface area contributed by atoms with Crippen LogP contribution in [0.15, 0.2) is 29.3 Å². The number of carbonyl (C=O) groups is 2. The summed E-state index contributed by atoms with van der Waals surface area (Å²) in [6.45, 7) is 1.91. The average molecular weight is 419 g/mol. The van der Waals surface area contributed by atoms with Crippen molar-refractivity contribution in [3.05, 3.63) is 40.7 Å². The molecule has 29 heavy (non-hydrogen) atoms. The Morgan fingerprint density at radius 2 is 1.79 bits per heavy atom. The summed E-state index contributed by atoms with van der Waals surface area (Å²) in [5.74, 6) is -1.04. The van der Waals surface area contributed by atoms with Crippen LogP contribution in [0.5, 0.6) is 0 Å². The SMILES string of the molecule is CC(=O)Nc1ccc(CCCCN=C(N)NC(=O)c2nc(Cl)c(N)nc2N)cc1.